The normalized spacial score (nSPS) is 17.0. The predicted molar refractivity (Wildman–Crippen MR) is 76.9 cm³/mol. The second-order valence-corrected chi connectivity index (χ2v) is 5.21. The Hall–Kier alpha value is -1.59. The van der Waals surface area contributed by atoms with Gasteiger partial charge in [-0.1, -0.05) is 0 Å². The van der Waals surface area contributed by atoms with E-state index >= 15 is 0 Å². The number of aliphatic hydroxyl groups excluding tert-OH is 1. The van der Waals surface area contributed by atoms with Gasteiger partial charge in [0.15, 0.2) is 0 Å². The van der Waals surface area contributed by atoms with Gasteiger partial charge < -0.3 is 15.1 Å². The Morgan fingerprint density at radius 2 is 2.05 bits per heavy atom. The number of rotatable bonds is 3. The molecule has 0 unspecified atom stereocenters. The maximum Gasteiger partial charge on any atom is 0.253 e. The Bertz CT molecular complexity index is 476. The van der Waals surface area contributed by atoms with Crippen LogP contribution in [-0.2, 0) is 0 Å². The number of β-amino-alcohol motifs (C(OH)–C–C–N with tert-alkyl or cyclic N) is 1. The third-order valence-corrected chi connectivity index (χ3v) is 3.74. The van der Waals surface area contributed by atoms with E-state index in [0.717, 1.165) is 26.1 Å². The highest BCUT2D eigenvalue weighted by molar-refractivity contribution is 5.94. The number of carbonyl (C=O) groups excluding carboxylic acids is 1. The molecule has 1 saturated heterocycles. The van der Waals surface area contributed by atoms with E-state index in [1.54, 1.807) is 25.1 Å². The van der Waals surface area contributed by atoms with Crippen LogP contribution in [0.1, 0.15) is 22.3 Å². The van der Waals surface area contributed by atoms with E-state index in [1.807, 2.05) is 4.90 Å². The van der Waals surface area contributed by atoms with Gasteiger partial charge in [0.1, 0.15) is 5.75 Å². The lowest BCUT2D eigenvalue weighted by Gasteiger charge is -2.21. The van der Waals surface area contributed by atoms with Gasteiger partial charge in [0, 0.05) is 31.7 Å². The molecule has 2 N–H and O–H groups in total. The molecular weight excluding hydrogens is 256 g/mol. The third-order valence-electron chi connectivity index (χ3n) is 3.74. The molecular formula is C15H22N2O3. The van der Waals surface area contributed by atoms with Crippen LogP contribution in [0.15, 0.2) is 18.2 Å². The average Bonchev–Trinajstić information content (AvgIpc) is 2.67. The molecule has 1 amide bonds. The number of carbonyl (C=O) groups is 1. The van der Waals surface area contributed by atoms with Crippen LogP contribution < -0.4 is 0 Å². The SMILES string of the molecule is Cc1cc(C(=O)N2CCCN(CCO)CC2)ccc1O. The second kappa shape index (κ2) is 6.72. The second-order valence-electron chi connectivity index (χ2n) is 5.21. The lowest BCUT2D eigenvalue weighted by molar-refractivity contribution is 0.0760. The first-order chi connectivity index (χ1) is 9.61. The molecule has 0 aliphatic carbocycles. The molecule has 0 aromatic heterocycles. The van der Waals surface area contributed by atoms with E-state index in [1.165, 1.54) is 0 Å². The summed E-state index contributed by atoms with van der Waals surface area (Å²) in [5.41, 5.74) is 1.34. The summed E-state index contributed by atoms with van der Waals surface area (Å²) in [7, 11) is 0. The van der Waals surface area contributed by atoms with Crippen LogP contribution in [0.5, 0.6) is 5.75 Å². The van der Waals surface area contributed by atoms with Crippen molar-refractivity contribution in [2.75, 3.05) is 39.3 Å². The fourth-order valence-corrected chi connectivity index (χ4v) is 2.51. The summed E-state index contributed by atoms with van der Waals surface area (Å²) in [4.78, 5) is 16.5. The number of hydrogen-bond acceptors (Lipinski definition) is 4. The minimum absolute atomic E-state index is 0.0129. The van der Waals surface area contributed by atoms with E-state index in [2.05, 4.69) is 4.90 Å². The molecule has 1 fully saturated rings. The van der Waals surface area contributed by atoms with Crippen molar-refractivity contribution in [3.8, 4) is 5.75 Å². The summed E-state index contributed by atoms with van der Waals surface area (Å²) >= 11 is 0. The standard InChI is InChI=1S/C15H22N2O3/c1-12-11-13(3-4-14(12)19)15(20)17-6-2-5-16(7-8-17)9-10-18/h3-4,11,18-19H,2,5-10H2,1H3. The van der Waals surface area contributed by atoms with Crippen LogP contribution in [0, 0.1) is 6.92 Å². The maximum atomic E-state index is 12.5. The topological polar surface area (TPSA) is 64.0 Å². The molecule has 0 bridgehead atoms. The Balaban J connectivity index is 2.03. The zero-order valence-electron chi connectivity index (χ0n) is 11.9. The first-order valence-electron chi connectivity index (χ1n) is 7.04. The van der Waals surface area contributed by atoms with Gasteiger partial charge in [0.25, 0.3) is 5.91 Å². The molecule has 0 atom stereocenters. The highest BCUT2D eigenvalue weighted by Gasteiger charge is 2.20. The maximum absolute atomic E-state index is 12.5. The van der Waals surface area contributed by atoms with Gasteiger partial charge in [-0.15, -0.1) is 0 Å². The zero-order valence-corrected chi connectivity index (χ0v) is 11.9. The molecule has 110 valence electrons. The molecule has 20 heavy (non-hydrogen) atoms. The average molecular weight is 278 g/mol. The number of nitrogens with zero attached hydrogens (tertiary/aromatic N) is 2. The van der Waals surface area contributed by atoms with Crippen molar-refractivity contribution in [1.82, 2.24) is 9.80 Å². The summed E-state index contributed by atoms with van der Waals surface area (Å²) in [5.74, 6) is 0.227. The van der Waals surface area contributed by atoms with Crippen molar-refractivity contribution in [2.45, 2.75) is 13.3 Å². The Kier molecular flexibility index (Phi) is 4.98. The van der Waals surface area contributed by atoms with Gasteiger partial charge in [-0.3, -0.25) is 9.69 Å². The third kappa shape index (κ3) is 3.49. The number of phenolic OH excluding ortho intramolecular Hbond substituents is 1. The molecule has 0 spiro atoms. The number of aliphatic hydroxyl groups is 1. The van der Waals surface area contributed by atoms with Gasteiger partial charge in [0.05, 0.1) is 6.61 Å². The minimum atomic E-state index is 0.0129. The quantitative estimate of drug-likeness (QED) is 0.860. The first kappa shape index (κ1) is 14.8. The molecule has 0 radical (unpaired) electrons. The molecule has 0 saturated carbocycles. The van der Waals surface area contributed by atoms with Crippen molar-refractivity contribution >= 4 is 5.91 Å². The summed E-state index contributed by atoms with van der Waals surface area (Å²) < 4.78 is 0. The van der Waals surface area contributed by atoms with Crippen molar-refractivity contribution < 1.29 is 15.0 Å². The van der Waals surface area contributed by atoms with E-state index in [-0.39, 0.29) is 18.3 Å². The fourth-order valence-electron chi connectivity index (χ4n) is 2.51. The summed E-state index contributed by atoms with van der Waals surface area (Å²) in [5, 5.41) is 18.5. The molecule has 1 aliphatic rings. The monoisotopic (exact) mass is 278 g/mol. The molecule has 5 heteroatoms. The van der Waals surface area contributed by atoms with E-state index in [0.29, 0.717) is 24.2 Å². The molecule has 1 aromatic rings. The summed E-state index contributed by atoms with van der Waals surface area (Å²) in [6, 6.07) is 4.97. The number of amides is 1. The molecule has 1 aromatic carbocycles. The summed E-state index contributed by atoms with van der Waals surface area (Å²) in [6.45, 7) is 5.74. The molecule has 2 rings (SSSR count). The Morgan fingerprint density at radius 1 is 1.25 bits per heavy atom. The van der Waals surface area contributed by atoms with Crippen LogP contribution >= 0.6 is 0 Å². The van der Waals surface area contributed by atoms with E-state index in [4.69, 9.17) is 5.11 Å². The predicted octanol–water partition coefficient (Wildman–Crippen LogP) is 0.841. The number of benzene rings is 1. The van der Waals surface area contributed by atoms with Crippen LogP contribution in [0.3, 0.4) is 0 Å². The molecule has 1 heterocycles. The van der Waals surface area contributed by atoms with E-state index < -0.39 is 0 Å². The van der Waals surface area contributed by atoms with Gasteiger partial charge in [-0.2, -0.15) is 0 Å². The summed E-state index contributed by atoms with van der Waals surface area (Å²) in [6.07, 6.45) is 0.919. The Morgan fingerprint density at radius 3 is 2.75 bits per heavy atom. The minimum Gasteiger partial charge on any atom is -0.508 e. The van der Waals surface area contributed by atoms with Crippen LogP contribution in [0.25, 0.3) is 0 Å². The Labute approximate surface area is 119 Å². The van der Waals surface area contributed by atoms with Crippen LogP contribution in [-0.4, -0.2) is 65.3 Å². The van der Waals surface area contributed by atoms with Crippen LogP contribution in [0.4, 0.5) is 0 Å². The molecule has 1 aliphatic heterocycles. The van der Waals surface area contributed by atoms with Crippen molar-refractivity contribution in [3.05, 3.63) is 29.3 Å². The van der Waals surface area contributed by atoms with E-state index in [9.17, 15) is 9.90 Å². The van der Waals surface area contributed by atoms with Gasteiger partial charge in [-0.05, 0) is 43.7 Å². The van der Waals surface area contributed by atoms with Crippen molar-refractivity contribution in [1.29, 1.82) is 0 Å². The van der Waals surface area contributed by atoms with Crippen molar-refractivity contribution in [3.63, 3.8) is 0 Å². The smallest absolute Gasteiger partial charge is 0.253 e. The highest BCUT2D eigenvalue weighted by Crippen LogP contribution is 2.18. The highest BCUT2D eigenvalue weighted by atomic mass is 16.3. The number of phenols is 1. The van der Waals surface area contributed by atoms with Crippen LogP contribution in [0.2, 0.25) is 0 Å². The van der Waals surface area contributed by atoms with Gasteiger partial charge in [-0.25, -0.2) is 0 Å². The number of aromatic hydroxyl groups is 1. The van der Waals surface area contributed by atoms with Crippen molar-refractivity contribution in [2.24, 2.45) is 0 Å². The lowest BCUT2D eigenvalue weighted by Crippen LogP contribution is -2.35. The largest absolute Gasteiger partial charge is 0.508 e. The lowest BCUT2D eigenvalue weighted by atomic mass is 10.1. The first-order valence-corrected chi connectivity index (χ1v) is 7.04. The molecule has 5 nitrogen and oxygen atoms in total. The van der Waals surface area contributed by atoms with Gasteiger partial charge in [0.2, 0.25) is 0 Å². The number of hydrogen-bond donors (Lipinski definition) is 2. The zero-order chi connectivity index (χ0) is 14.5. The number of aryl methyl sites for hydroxylation is 1. The van der Waals surface area contributed by atoms with Gasteiger partial charge >= 0.3 is 0 Å². The fraction of sp³-hybridized carbons (Fsp3) is 0.533.